The number of carbonyl (C=O) groups excluding carboxylic acids is 1. The molecule has 0 spiro atoms. The highest BCUT2D eigenvalue weighted by Crippen LogP contribution is 2.18. The zero-order valence-electron chi connectivity index (χ0n) is 9.67. The SMILES string of the molecule is O=C(NCc1ccccc1)C1CC=CC(O)C1. The number of hydrogen-bond donors (Lipinski definition) is 2. The number of benzene rings is 1. The first-order chi connectivity index (χ1) is 8.25. The fourth-order valence-corrected chi connectivity index (χ4v) is 2.01. The normalized spacial score (nSPS) is 23.4. The molecular formula is C14H17NO2. The van der Waals surface area contributed by atoms with E-state index in [9.17, 15) is 9.90 Å². The molecule has 1 aliphatic carbocycles. The number of aliphatic hydroxyl groups is 1. The van der Waals surface area contributed by atoms with Gasteiger partial charge < -0.3 is 10.4 Å². The molecule has 2 N–H and O–H groups in total. The molecule has 1 aromatic carbocycles. The average molecular weight is 231 g/mol. The predicted molar refractivity (Wildman–Crippen MR) is 66.2 cm³/mol. The summed E-state index contributed by atoms with van der Waals surface area (Å²) in [5.41, 5.74) is 1.09. The minimum Gasteiger partial charge on any atom is -0.389 e. The molecule has 0 heterocycles. The van der Waals surface area contributed by atoms with Gasteiger partial charge in [-0.2, -0.15) is 0 Å². The average Bonchev–Trinajstić information content (AvgIpc) is 2.37. The molecule has 0 radical (unpaired) electrons. The molecule has 0 aliphatic heterocycles. The van der Waals surface area contributed by atoms with Gasteiger partial charge in [-0.25, -0.2) is 0 Å². The van der Waals surface area contributed by atoms with Gasteiger partial charge in [0, 0.05) is 12.5 Å². The summed E-state index contributed by atoms with van der Waals surface area (Å²) in [6.07, 6.45) is 4.40. The Balaban J connectivity index is 1.84. The Morgan fingerprint density at radius 3 is 2.82 bits per heavy atom. The standard InChI is InChI=1S/C14H17NO2/c16-13-8-4-7-12(9-13)14(17)15-10-11-5-2-1-3-6-11/h1-6,8,12-13,16H,7,9-10H2,(H,15,17). The van der Waals surface area contributed by atoms with Crippen LogP contribution in [0.15, 0.2) is 42.5 Å². The molecule has 2 rings (SSSR count). The van der Waals surface area contributed by atoms with Crippen LogP contribution in [0.4, 0.5) is 0 Å². The van der Waals surface area contributed by atoms with Crippen LogP contribution in [-0.2, 0) is 11.3 Å². The molecule has 1 aliphatic rings. The van der Waals surface area contributed by atoms with Crippen LogP contribution in [-0.4, -0.2) is 17.1 Å². The van der Waals surface area contributed by atoms with Crippen LogP contribution >= 0.6 is 0 Å². The van der Waals surface area contributed by atoms with Crippen molar-refractivity contribution in [3.05, 3.63) is 48.0 Å². The third kappa shape index (κ3) is 3.43. The van der Waals surface area contributed by atoms with E-state index >= 15 is 0 Å². The van der Waals surface area contributed by atoms with E-state index in [0.717, 1.165) is 12.0 Å². The van der Waals surface area contributed by atoms with Crippen LogP contribution in [0.5, 0.6) is 0 Å². The quantitative estimate of drug-likeness (QED) is 0.777. The highest BCUT2D eigenvalue weighted by atomic mass is 16.3. The Labute approximate surface area is 101 Å². The van der Waals surface area contributed by atoms with Gasteiger partial charge in [-0.3, -0.25) is 4.79 Å². The lowest BCUT2D eigenvalue weighted by Gasteiger charge is -2.20. The van der Waals surface area contributed by atoms with Gasteiger partial charge in [-0.15, -0.1) is 0 Å². The highest BCUT2D eigenvalue weighted by molar-refractivity contribution is 5.79. The summed E-state index contributed by atoms with van der Waals surface area (Å²) in [6.45, 7) is 0.552. The van der Waals surface area contributed by atoms with Crippen molar-refractivity contribution in [3.63, 3.8) is 0 Å². The second-order valence-corrected chi connectivity index (χ2v) is 4.37. The molecular weight excluding hydrogens is 214 g/mol. The van der Waals surface area contributed by atoms with Gasteiger partial charge in [-0.1, -0.05) is 42.5 Å². The van der Waals surface area contributed by atoms with Crippen LogP contribution in [0.25, 0.3) is 0 Å². The number of carbonyl (C=O) groups is 1. The van der Waals surface area contributed by atoms with E-state index in [2.05, 4.69) is 5.32 Å². The van der Waals surface area contributed by atoms with Crippen molar-refractivity contribution >= 4 is 5.91 Å². The fraction of sp³-hybridized carbons (Fsp3) is 0.357. The van der Waals surface area contributed by atoms with E-state index in [1.54, 1.807) is 6.08 Å². The summed E-state index contributed by atoms with van der Waals surface area (Å²) >= 11 is 0. The van der Waals surface area contributed by atoms with Gasteiger partial charge in [-0.05, 0) is 18.4 Å². The lowest BCUT2D eigenvalue weighted by molar-refractivity contribution is -0.126. The number of allylic oxidation sites excluding steroid dienone is 1. The van der Waals surface area contributed by atoms with E-state index in [-0.39, 0.29) is 11.8 Å². The van der Waals surface area contributed by atoms with Gasteiger partial charge in [0.1, 0.15) is 0 Å². The molecule has 17 heavy (non-hydrogen) atoms. The van der Waals surface area contributed by atoms with Crippen LogP contribution < -0.4 is 5.32 Å². The lowest BCUT2D eigenvalue weighted by Crippen LogP contribution is -2.33. The third-order valence-electron chi connectivity index (χ3n) is 2.99. The van der Waals surface area contributed by atoms with Crippen molar-refractivity contribution in [2.75, 3.05) is 0 Å². The first-order valence-electron chi connectivity index (χ1n) is 5.92. The van der Waals surface area contributed by atoms with Crippen molar-refractivity contribution in [1.29, 1.82) is 0 Å². The van der Waals surface area contributed by atoms with E-state index in [4.69, 9.17) is 0 Å². The summed E-state index contributed by atoms with van der Waals surface area (Å²) < 4.78 is 0. The number of amides is 1. The van der Waals surface area contributed by atoms with Crippen LogP contribution in [0.2, 0.25) is 0 Å². The number of rotatable bonds is 3. The van der Waals surface area contributed by atoms with E-state index in [1.165, 1.54) is 0 Å². The van der Waals surface area contributed by atoms with E-state index < -0.39 is 6.10 Å². The van der Waals surface area contributed by atoms with Gasteiger partial charge in [0.2, 0.25) is 5.91 Å². The molecule has 1 amide bonds. The van der Waals surface area contributed by atoms with Crippen molar-refractivity contribution < 1.29 is 9.90 Å². The second-order valence-electron chi connectivity index (χ2n) is 4.37. The van der Waals surface area contributed by atoms with Gasteiger partial charge in [0.25, 0.3) is 0 Å². The minimum atomic E-state index is -0.476. The molecule has 3 nitrogen and oxygen atoms in total. The summed E-state index contributed by atoms with van der Waals surface area (Å²) in [5, 5.41) is 12.4. The Morgan fingerprint density at radius 1 is 1.35 bits per heavy atom. The summed E-state index contributed by atoms with van der Waals surface area (Å²) in [6, 6.07) is 9.82. The largest absolute Gasteiger partial charge is 0.389 e. The predicted octanol–water partition coefficient (Wildman–Crippen LogP) is 1.63. The van der Waals surface area contributed by atoms with Gasteiger partial charge in [0.05, 0.1) is 6.10 Å². The molecule has 90 valence electrons. The molecule has 0 fully saturated rings. The maximum Gasteiger partial charge on any atom is 0.223 e. The monoisotopic (exact) mass is 231 g/mol. The number of aliphatic hydroxyl groups excluding tert-OH is 1. The first-order valence-corrected chi connectivity index (χ1v) is 5.92. The van der Waals surface area contributed by atoms with Crippen molar-refractivity contribution in [2.24, 2.45) is 5.92 Å². The number of hydrogen-bond acceptors (Lipinski definition) is 2. The Hall–Kier alpha value is -1.61. The fourth-order valence-electron chi connectivity index (χ4n) is 2.01. The van der Waals surface area contributed by atoms with E-state index in [0.29, 0.717) is 13.0 Å². The zero-order valence-corrected chi connectivity index (χ0v) is 9.67. The summed E-state index contributed by atoms with van der Waals surface area (Å²) in [4.78, 5) is 11.9. The smallest absolute Gasteiger partial charge is 0.223 e. The Kier molecular flexibility index (Phi) is 3.94. The van der Waals surface area contributed by atoms with E-state index in [1.807, 2.05) is 36.4 Å². The maximum absolute atomic E-state index is 11.9. The second kappa shape index (κ2) is 5.64. The molecule has 0 aromatic heterocycles. The molecule has 1 aromatic rings. The maximum atomic E-state index is 11.9. The van der Waals surface area contributed by atoms with Crippen molar-refractivity contribution in [2.45, 2.75) is 25.5 Å². The minimum absolute atomic E-state index is 0.0252. The number of nitrogens with one attached hydrogen (secondary N) is 1. The summed E-state index contributed by atoms with van der Waals surface area (Å²) in [5.74, 6) is -0.0732. The van der Waals surface area contributed by atoms with Gasteiger partial charge in [0.15, 0.2) is 0 Å². The lowest BCUT2D eigenvalue weighted by atomic mass is 9.92. The van der Waals surface area contributed by atoms with Crippen LogP contribution in [0.1, 0.15) is 18.4 Å². The molecule has 0 saturated carbocycles. The van der Waals surface area contributed by atoms with Crippen molar-refractivity contribution in [3.8, 4) is 0 Å². The molecule has 0 saturated heterocycles. The van der Waals surface area contributed by atoms with Gasteiger partial charge >= 0.3 is 0 Å². The Morgan fingerprint density at radius 2 is 2.12 bits per heavy atom. The third-order valence-corrected chi connectivity index (χ3v) is 2.99. The van der Waals surface area contributed by atoms with Crippen LogP contribution in [0, 0.1) is 5.92 Å². The molecule has 0 bridgehead atoms. The topological polar surface area (TPSA) is 49.3 Å². The van der Waals surface area contributed by atoms with Crippen LogP contribution in [0.3, 0.4) is 0 Å². The zero-order chi connectivity index (χ0) is 12.1. The molecule has 2 atom stereocenters. The molecule has 3 heteroatoms. The molecule has 2 unspecified atom stereocenters. The Bertz CT molecular complexity index is 400. The highest BCUT2D eigenvalue weighted by Gasteiger charge is 2.22. The summed E-state index contributed by atoms with van der Waals surface area (Å²) in [7, 11) is 0. The first kappa shape index (κ1) is 11.9. The van der Waals surface area contributed by atoms with Crippen molar-refractivity contribution in [1.82, 2.24) is 5.32 Å².